The third kappa shape index (κ3) is 2.27. The zero-order chi connectivity index (χ0) is 12.6. The summed E-state index contributed by atoms with van der Waals surface area (Å²) in [4.78, 5) is 10.9. The van der Waals surface area contributed by atoms with Crippen LogP contribution in [0.3, 0.4) is 0 Å². The minimum Gasteiger partial charge on any atom is -0.478 e. The number of hydrogen-bond acceptors (Lipinski definition) is 4. The van der Waals surface area contributed by atoms with Crippen LogP contribution in [0.4, 0.5) is 0 Å². The third-order valence-electron chi connectivity index (χ3n) is 2.67. The number of rotatable bonds is 3. The van der Waals surface area contributed by atoms with Gasteiger partial charge in [0.05, 0.1) is 6.61 Å². The van der Waals surface area contributed by atoms with Crippen LogP contribution >= 0.6 is 0 Å². The van der Waals surface area contributed by atoms with Gasteiger partial charge in [0.25, 0.3) is 0 Å². The molecule has 0 radical (unpaired) electrons. The van der Waals surface area contributed by atoms with E-state index in [2.05, 4.69) is 0 Å². The standard InChI is InChI=1S/C11H13BO5/c1-11(2,10(13)14)17-8-4-3-7-6-16-12(15)9(7)5-8/h3-5,15H,6H2,1-2H3,(H,13,14). The smallest absolute Gasteiger partial charge is 0.478 e. The van der Waals surface area contributed by atoms with E-state index in [4.69, 9.17) is 14.5 Å². The Kier molecular flexibility index (Phi) is 2.85. The van der Waals surface area contributed by atoms with Crippen LogP contribution in [0.25, 0.3) is 0 Å². The molecule has 1 aromatic rings. The first-order chi connectivity index (χ1) is 7.90. The summed E-state index contributed by atoms with van der Waals surface area (Å²) < 4.78 is 10.4. The molecular formula is C11H13BO5. The number of fused-ring (bicyclic) bond motifs is 1. The molecule has 0 aromatic heterocycles. The molecule has 1 aliphatic rings. The van der Waals surface area contributed by atoms with Crippen LogP contribution in [-0.4, -0.2) is 28.8 Å². The Morgan fingerprint density at radius 3 is 2.88 bits per heavy atom. The van der Waals surface area contributed by atoms with E-state index in [0.29, 0.717) is 17.8 Å². The SMILES string of the molecule is CC(C)(Oc1ccc2c(c1)B(O)OC2)C(=O)O. The van der Waals surface area contributed by atoms with E-state index < -0.39 is 18.7 Å². The molecule has 90 valence electrons. The highest BCUT2D eigenvalue weighted by Crippen LogP contribution is 2.21. The van der Waals surface area contributed by atoms with Gasteiger partial charge in [-0.05, 0) is 37.0 Å². The third-order valence-corrected chi connectivity index (χ3v) is 2.67. The molecule has 2 N–H and O–H groups in total. The molecule has 6 heteroatoms. The van der Waals surface area contributed by atoms with Crippen LogP contribution in [0.5, 0.6) is 5.75 Å². The second-order valence-corrected chi connectivity index (χ2v) is 4.44. The normalized spacial score (nSPS) is 14.6. The molecule has 0 unspecified atom stereocenters. The maximum Gasteiger partial charge on any atom is 0.491 e. The average molecular weight is 236 g/mol. The zero-order valence-corrected chi connectivity index (χ0v) is 9.64. The summed E-state index contributed by atoms with van der Waals surface area (Å²) in [6.07, 6.45) is 0. The summed E-state index contributed by atoms with van der Waals surface area (Å²) in [5.41, 5.74) is 0.209. The number of aliphatic carboxylic acids is 1. The molecule has 0 saturated carbocycles. The molecule has 1 heterocycles. The maximum absolute atomic E-state index is 10.9. The largest absolute Gasteiger partial charge is 0.491 e. The van der Waals surface area contributed by atoms with Crippen LogP contribution in [0.2, 0.25) is 0 Å². The van der Waals surface area contributed by atoms with Crippen molar-refractivity contribution in [1.82, 2.24) is 0 Å². The quantitative estimate of drug-likeness (QED) is 0.730. The number of ether oxygens (including phenoxy) is 1. The number of hydrogen-bond donors (Lipinski definition) is 2. The fraction of sp³-hybridized carbons (Fsp3) is 0.364. The molecule has 0 atom stereocenters. The molecule has 0 amide bonds. The van der Waals surface area contributed by atoms with Crippen molar-refractivity contribution in [3.05, 3.63) is 23.8 Å². The van der Waals surface area contributed by atoms with Crippen molar-refractivity contribution in [1.29, 1.82) is 0 Å². The van der Waals surface area contributed by atoms with Crippen LogP contribution in [-0.2, 0) is 16.1 Å². The minimum atomic E-state index is -1.31. The van der Waals surface area contributed by atoms with E-state index in [9.17, 15) is 9.82 Å². The summed E-state index contributed by atoms with van der Waals surface area (Å²) in [7, 11) is -0.957. The molecule has 2 rings (SSSR count). The predicted octanol–water partition coefficient (Wildman–Crippen LogP) is 0.146. The summed E-state index contributed by atoms with van der Waals surface area (Å²) in [6, 6.07) is 5.04. The Morgan fingerprint density at radius 2 is 2.24 bits per heavy atom. The van der Waals surface area contributed by atoms with E-state index in [0.717, 1.165) is 5.56 Å². The van der Waals surface area contributed by atoms with E-state index in [1.54, 1.807) is 18.2 Å². The number of benzene rings is 1. The van der Waals surface area contributed by atoms with Crippen molar-refractivity contribution in [3.63, 3.8) is 0 Å². The Balaban J connectivity index is 2.24. The monoisotopic (exact) mass is 236 g/mol. The summed E-state index contributed by atoms with van der Waals surface area (Å²) in [6.45, 7) is 3.30. The lowest BCUT2D eigenvalue weighted by Gasteiger charge is -2.21. The average Bonchev–Trinajstić information content (AvgIpc) is 2.60. The number of carboxylic acids is 1. The van der Waals surface area contributed by atoms with Gasteiger partial charge < -0.3 is 19.5 Å². The van der Waals surface area contributed by atoms with Gasteiger partial charge in [0.2, 0.25) is 0 Å². The molecule has 0 bridgehead atoms. The molecule has 0 fully saturated rings. The first-order valence-corrected chi connectivity index (χ1v) is 5.25. The van der Waals surface area contributed by atoms with Crippen molar-refractivity contribution in [2.24, 2.45) is 0 Å². The van der Waals surface area contributed by atoms with Gasteiger partial charge in [0, 0.05) is 0 Å². The second-order valence-electron chi connectivity index (χ2n) is 4.44. The summed E-state index contributed by atoms with van der Waals surface area (Å²) >= 11 is 0. The highest BCUT2D eigenvalue weighted by atomic mass is 16.5. The molecule has 5 nitrogen and oxygen atoms in total. The number of carboxylic acid groups (broad SMARTS) is 1. The Morgan fingerprint density at radius 1 is 1.53 bits per heavy atom. The van der Waals surface area contributed by atoms with Crippen molar-refractivity contribution in [2.45, 2.75) is 26.1 Å². The number of carbonyl (C=O) groups is 1. The topological polar surface area (TPSA) is 76.0 Å². The zero-order valence-electron chi connectivity index (χ0n) is 9.64. The fourth-order valence-electron chi connectivity index (χ4n) is 1.59. The lowest BCUT2D eigenvalue weighted by molar-refractivity contribution is -0.152. The first-order valence-electron chi connectivity index (χ1n) is 5.25. The van der Waals surface area contributed by atoms with Gasteiger partial charge in [0.1, 0.15) is 5.75 Å². The lowest BCUT2D eigenvalue weighted by Crippen LogP contribution is -2.38. The minimum absolute atomic E-state index is 0.360. The van der Waals surface area contributed by atoms with Gasteiger partial charge in [0.15, 0.2) is 5.60 Å². The van der Waals surface area contributed by atoms with Crippen LogP contribution < -0.4 is 10.2 Å². The fourth-order valence-corrected chi connectivity index (χ4v) is 1.59. The maximum atomic E-state index is 10.9. The highest BCUT2D eigenvalue weighted by Gasteiger charge is 2.31. The van der Waals surface area contributed by atoms with Gasteiger partial charge in [-0.2, -0.15) is 0 Å². The van der Waals surface area contributed by atoms with E-state index in [1.165, 1.54) is 13.8 Å². The molecule has 0 saturated heterocycles. The van der Waals surface area contributed by atoms with Crippen molar-refractivity contribution < 1.29 is 24.3 Å². The summed E-state index contributed by atoms with van der Waals surface area (Å²) in [5.74, 6) is -0.643. The van der Waals surface area contributed by atoms with Crippen LogP contribution in [0.15, 0.2) is 18.2 Å². The molecule has 0 spiro atoms. The first kappa shape index (κ1) is 11.9. The van der Waals surface area contributed by atoms with Gasteiger partial charge in [-0.15, -0.1) is 0 Å². The van der Waals surface area contributed by atoms with Gasteiger partial charge in [-0.25, -0.2) is 4.79 Å². The van der Waals surface area contributed by atoms with Crippen LogP contribution in [0, 0.1) is 0 Å². The highest BCUT2D eigenvalue weighted by molar-refractivity contribution is 6.61. The van der Waals surface area contributed by atoms with Crippen molar-refractivity contribution in [2.75, 3.05) is 0 Å². The Bertz CT molecular complexity index is 457. The van der Waals surface area contributed by atoms with Gasteiger partial charge >= 0.3 is 13.1 Å². The van der Waals surface area contributed by atoms with Gasteiger partial charge in [-0.3, -0.25) is 0 Å². The van der Waals surface area contributed by atoms with Crippen molar-refractivity contribution >= 4 is 18.6 Å². The Labute approximate surface area is 99.1 Å². The second kappa shape index (κ2) is 4.05. The van der Waals surface area contributed by atoms with E-state index >= 15 is 0 Å². The molecular weight excluding hydrogens is 223 g/mol. The van der Waals surface area contributed by atoms with Gasteiger partial charge in [-0.1, -0.05) is 6.07 Å². The molecule has 17 heavy (non-hydrogen) atoms. The summed E-state index contributed by atoms with van der Waals surface area (Å²) in [5, 5.41) is 18.5. The van der Waals surface area contributed by atoms with Crippen LogP contribution in [0.1, 0.15) is 19.4 Å². The molecule has 1 aliphatic heterocycles. The Hall–Kier alpha value is -1.53. The van der Waals surface area contributed by atoms with E-state index in [1.807, 2.05) is 0 Å². The lowest BCUT2D eigenvalue weighted by atomic mass is 9.79. The molecule has 0 aliphatic carbocycles. The van der Waals surface area contributed by atoms with Crippen molar-refractivity contribution in [3.8, 4) is 5.75 Å². The molecule has 1 aromatic carbocycles. The van der Waals surface area contributed by atoms with E-state index in [-0.39, 0.29) is 0 Å². The predicted molar refractivity (Wildman–Crippen MR) is 61.2 cm³/mol.